The minimum absolute atomic E-state index is 0.509. The van der Waals surface area contributed by atoms with Gasteiger partial charge in [0.15, 0.2) is 0 Å². The SMILES string of the molecule is Cc1ccc(C)n1C(=N)N(C)C. The van der Waals surface area contributed by atoms with Gasteiger partial charge in [0.1, 0.15) is 0 Å². The molecule has 0 aliphatic heterocycles. The molecule has 0 radical (unpaired) electrons. The molecule has 66 valence electrons. The van der Waals surface area contributed by atoms with E-state index >= 15 is 0 Å². The van der Waals surface area contributed by atoms with E-state index in [1.165, 1.54) is 0 Å². The van der Waals surface area contributed by atoms with Gasteiger partial charge in [-0.05, 0) is 26.0 Å². The van der Waals surface area contributed by atoms with Gasteiger partial charge in [-0.25, -0.2) is 0 Å². The number of aromatic nitrogens is 1. The summed E-state index contributed by atoms with van der Waals surface area (Å²) in [4.78, 5) is 1.79. The first-order valence-electron chi connectivity index (χ1n) is 3.95. The lowest BCUT2D eigenvalue weighted by atomic mass is 10.5. The molecule has 0 aliphatic carbocycles. The molecule has 0 spiro atoms. The molecule has 0 fully saturated rings. The summed E-state index contributed by atoms with van der Waals surface area (Å²) in [7, 11) is 3.75. The third-order valence-corrected chi connectivity index (χ3v) is 1.91. The normalized spacial score (nSPS) is 10.0. The molecular weight excluding hydrogens is 150 g/mol. The van der Waals surface area contributed by atoms with Crippen molar-refractivity contribution in [1.82, 2.24) is 9.47 Å². The topological polar surface area (TPSA) is 32.0 Å². The molecule has 0 amide bonds. The number of nitrogens with one attached hydrogen (secondary N) is 1. The van der Waals surface area contributed by atoms with E-state index in [4.69, 9.17) is 5.41 Å². The first kappa shape index (κ1) is 8.84. The van der Waals surface area contributed by atoms with Crippen LogP contribution in [0.2, 0.25) is 0 Å². The van der Waals surface area contributed by atoms with Gasteiger partial charge in [-0.1, -0.05) is 0 Å². The van der Waals surface area contributed by atoms with Gasteiger partial charge in [0.25, 0.3) is 0 Å². The third kappa shape index (κ3) is 1.35. The summed E-state index contributed by atoms with van der Waals surface area (Å²) in [5, 5.41) is 7.77. The molecule has 1 aromatic rings. The van der Waals surface area contributed by atoms with Crippen molar-refractivity contribution in [2.75, 3.05) is 14.1 Å². The Labute approximate surface area is 73.1 Å². The van der Waals surface area contributed by atoms with E-state index in [1.807, 2.05) is 44.6 Å². The largest absolute Gasteiger partial charge is 0.349 e. The zero-order valence-electron chi connectivity index (χ0n) is 8.05. The number of aryl methyl sites for hydroxylation is 2. The number of hydrogen-bond acceptors (Lipinski definition) is 1. The molecule has 0 saturated carbocycles. The van der Waals surface area contributed by atoms with Gasteiger partial charge in [-0.15, -0.1) is 0 Å². The second-order valence-electron chi connectivity index (χ2n) is 3.17. The predicted molar refractivity (Wildman–Crippen MR) is 50.7 cm³/mol. The first-order chi connectivity index (χ1) is 5.54. The molecule has 0 unspecified atom stereocenters. The monoisotopic (exact) mass is 165 g/mol. The average molecular weight is 165 g/mol. The molecule has 0 bridgehead atoms. The van der Waals surface area contributed by atoms with Gasteiger partial charge in [-0.3, -0.25) is 9.98 Å². The summed E-state index contributed by atoms with van der Waals surface area (Å²) in [5.74, 6) is 0.509. The van der Waals surface area contributed by atoms with Crippen LogP contribution in [0.4, 0.5) is 0 Å². The predicted octanol–water partition coefficient (Wildman–Crippen LogP) is 1.45. The summed E-state index contributed by atoms with van der Waals surface area (Å²) in [5.41, 5.74) is 2.21. The van der Waals surface area contributed by atoms with Crippen LogP contribution in [0.3, 0.4) is 0 Å². The van der Waals surface area contributed by atoms with E-state index in [9.17, 15) is 0 Å². The van der Waals surface area contributed by atoms with Crippen molar-refractivity contribution in [3.05, 3.63) is 23.5 Å². The van der Waals surface area contributed by atoms with Crippen LogP contribution in [-0.2, 0) is 0 Å². The number of rotatable bonds is 0. The minimum Gasteiger partial charge on any atom is -0.349 e. The molecule has 0 aromatic carbocycles. The summed E-state index contributed by atoms with van der Waals surface area (Å²) < 4.78 is 1.92. The lowest BCUT2D eigenvalue weighted by molar-refractivity contribution is 0.585. The van der Waals surface area contributed by atoms with E-state index in [0.29, 0.717) is 5.96 Å². The summed E-state index contributed by atoms with van der Waals surface area (Å²) in [6.45, 7) is 4.01. The van der Waals surface area contributed by atoms with Crippen LogP contribution in [0.5, 0.6) is 0 Å². The fourth-order valence-electron chi connectivity index (χ4n) is 1.20. The van der Waals surface area contributed by atoms with E-state index in [1.54, 1.807) is 4.90 Å². The van der Waals surface area contributed by atoms with Gasteiger partial charge >= 0.3 is 0 Å². The molecule has 1 N–H and O–H groups in total. The van der Waals surface area contributed by atoms with E-state index in [2.05, 4.69) is 0 Å². The van der Waals surface area contributed by atoms with Crippen molar-refractivity contribution in [2.24, 2.45) is 0 Å². The molecule has 3 nitrogen and oxygen atoms in total. The Morgan fingerprint density at radius 1 is 1.25 bits per heavy atom. The smallest absolute Gasteiger partial charge is 0.201 e. The summed E-state index contributed by atoms with van der Waals surface area (Å²) in [6.07, 6.45) is 0. The highest BCUT2D eigenvalue weighted by atomic mass is 15.3. The standard InChI is InChI=1S/C9H15N3/c1-7-5-6-8(2)12(7)9(10)11(3)4/h5-6,10H,1-4H3. The average Bonchev–Trinajstić information content (AvgIpc) is 2.30. The van der Waals surface area contributed by atoms with Crippen LogP contribution in [0.15, 0.2) is 12.1 Å². The fraction of sp³-hybridized carbons (Fsp3) is 0.444. The first-order valence-corrected chi connectivity index (χ1v) is 3.95. The third-order valence-electron chi connectivity index (χ3n) is 1.91. The van der Waals surface area contributed by atoms with Crippen LogP contribution in [0.25, 0.3) is 0 Å². The van der Waals surface area contributed by atoms with Crippen molar-refractivity contribution in [2.45, 2.75) is 13.8 Å². The molecule has 0 aliphatic rings. The van der Waals surface area contributed by atoms with Crippen molar-refractivity contribution in [3.8, 4) is 0 Å². The van der Waals surface area contributed by atoms with Crippen LogP contribution in [0.1, 0.15) is 11.4 Å². The van der Waals surface area contributed by atoms with Crippen molar-refractivity contribution in [1.29, 1.82) is 5.41 Å². The fourth-order valence-corrected chi connectivity index (χ4v) is 1.20. The molecule has 1 heterocycles. The molecule has 0 atom stereocenters. The van der Waals surface area contributed by atoms with Gasteiger partial charge in [0.05, 0.1) is 0 Å². The summed E-state index contributed by atoms with van der Waals surface area (Å²) in [6, 6.07) is 4.04. The van der Waals surface area contributed by atoms with Crippen molar-refractivity contribution in [3.63, 3.8) is 0 Å². The second-order valence-corrected chi connectivity index (χ2v) is 3.17. The highest BCUT2D eigenvalue weighted by Crippen LogP contribution is 2.06. The Hall–Kier alpha value is -1.25. The van der Waals surface area contributed by atoms with Crippen molar-refractivity contribution < 1.29 is 0 Å². The van der Waals surface area contributed by atoms with Crippen LogP contribution in [0, 0.1) is 19.3 Å². The Bertz CT molecular complexity index is 277. The van der Waals surface area contributed by atoms with Gasteiger partial charge in [-0.2, -0.15) is 0 Å². The Balaban J connectivity index is 3.09. The molecule has 3 heteroatoms. The Morgan fingerprint density at radius 2 is 1.67 bits per heavy atom. The van der Waals surface area contributed by atoms with E-state index in [-0.39, 0.29) is 0 Å². The number of hydrogen-bond donors (Lipinski definition) is 1. The quantitative estimate of drug-likeness (QED) is 0.458. The molecular formula is C9H15N3. The molecule has 12 heavy (non-hydrogen) atoms. The molecule has 1 rings (SSSR count). The van der Waals surface area contributed by atoms with E-state index in [0.717, 1.165) is 11.4 Å². The maximum Gasteiger partial charge on any atom is 0.201 e. The zero-order valence-corrected chi connectivity index (χ0v) is 8.05. The van der Waals surface area contributed by atoms with E-state index < -0.39 is 0 Å². The Morgan fingerprint density at radius 3 is 2.00 bits per heavy atom. The van der Waals surface area contributed by atoms with Crippen LogP contribution in [-0.4, -0.2) is 29.5 Å². The van der Waals surface area contributed by atoms with Gasteiger partial charge < -0.3 is 4.90 Å². The van der Waals surface area contributed by atoms with Gasteiger partial charge in [0, 0.05) is 25.5 Å². The summed E-state index contributed by atoms with van der Waals surface area (Å²) >= 11 is 0. The van der Waals surface area contributed by atoms with Crippen molar-refractivity contribution >= 4 is 5.96 Å². The highest BCUT2D eigenvalue weighted by molar-refractivity contribution is 5.80. The maximum absolute atomic E-state index is 7.77. The second kappa shape index (κ2) is 3.01. The number of nitrogens with zero attached hydrogens (tertiary/aromatic N) is 2. The lowest BCUT2D eigenvalue weighted by Gasteiger charge is -2.17. The molecule has 1 aromatic heterocycles. The van der Waals surface area contributed by atoms with Gasteiger partial charge in [0.2, 0.25) is 5.96 Å². The maximum atomic E-state index is 7.77. The lowest BCUT2D eigenvalue weighted by Crippen LogP contribution is -2.29. The highest BCUT2D eigenvalue weighted by Gasteiger charge is 2.07. The zero-order chi connectivity index (χ0) is 9.30. The minimum atomic E-state index is 0.509. The molecule has 0 saturated heterocycles. The van der Waals surface area contributed by atoms with Crippen LogP contribution >= 0.6 is 0 Å². The Kier molecular flexibility index (Phi) is 2.22. The van der Waals surface area contributed by atoms with Crippen LogP contribution < -0.4 is 0 Å².